The summed E-state index contributed by atoms with van der Waals surface area (Å²) in [5.41, 5.74) is 1.72. The van der Waals surface area contributed by atoms with Crippen LogP contribution in [0, 0.1) is 0 Å². The first-order valence-electron chi connectivity index (χ1n) is 8.22. The van der Waals surface area contributed by atoms with Gasteiger partial charge in [0.05, 0.1) is 21.1 Å². The third-order valence-electron chi connectivity index (χ3n) is 4.04. The van der Waals surface area contributed by atoms with Gasteiger partial charge in [0, 0.05) is 11.1 Å². The molecule has 2 aromatic rings. The molecule has 0 saturated carbocycles. The quantitative estimate of drug-likeness (QED) is 0.636. The zero-order valence-electron chi connectivity index (χ0n) is 14.7. The third kappa shape index (κ3) is 3.44. The summed E-state index contributed by atoms with van der Waals surface area (Å²) < 4.78 is 12.4. The van der Waals surface area contributed by atoms with Crippen molar-refractivity contribution in [2.45, 2.75) is 18.9 Å². The standard InChI is InChI=1S/C20H24NO3/c1-14(13-21(2,3)4)23-20(22)19-15-9-5-7-11-17(15)24-18-12-8-6-10-16(18)19/h5-12,14,19H,13H2,1-4H3/q+1. The molecule has 4 heteroatoms. The summed E-state index contributed by atoms with van der Waals surface area (Å²) in [6.07, 6.45) is -0.153. The molecule has 24 heavy (non-hydrogen) atoms. The molecular formula is C20H24NO3+. The highest BCUT2D eigenvalue weighted by Crippen LogP contribution is 2.44. The molecule has 1 unspecified atom stereocenters. The molecule has 0 spiro atoms. The van der Waals surface area contributed by atoms with Gasteiger partial charge < -0.3 is 14.0 Å². The van der Waals surface area contributed by atoms with Gasteiger partial charge in [0.25, 0.3) is 0 Å². The SMILES string of the molecule is CC(C[N+](C)(C)C)OC(=O)C1c2ccccc2Oc2ccccc21. The van der Waals surface area contributed by atoms with E-state index in [1.54, 1.807) is 0 Å². The number of hydrogen-bond donors (Lipinski definition) is 0. The second-order valence-electron chi connectivity index (χ2n) is 7.33. The molecule has 4 nitrogen and oxygen atoms in total. The Morgan fingerprint density at radius 2 is 1.54 bits per heavy atom. The van der Waals surface area contributed by atoms with Gasteiger partial charge in [-0.05, 0) is 19.1 Å². The Balaban J connectivity index is 1.91. The number of esters is 1. The Bertz CT molecular complexity index is 703. The second-order valence-corrected chi connectivity index (χ2v) is 7.33. The minimum absolute atomic E-state index is 0.153. The van der Waals surface area contributed by atoms with Crippen LogP contribution in [0.4, 0.5) is 0 Å². The van der Waals surface area contributed by atoms with Crippen LogP contribution in [0.15, 0.2) is 48.5 Å². The lowest BCUT2D eigenvalue weighted by molar-refractivity contribution is -0.873. The third-order valence-corrected chi connectivity index (χ3v) is 4.04. The topological polar surface area (TPSA) is 35.5 Å². The summed E-state index contributed by atoms with van der Waals surface area (Å²) in [6.45, 7) is 2.71. The number of ether oxygens (including phenoxy) is 2. The van der Waals surface area contributed by atoms with Crippen LogP contribution < -0.4 is 4.74 Å². The van der Waals surface area contributed by atoms with E-state index in [9.17, 15) is 4.79 Å². The van der Waals surface area contributed by atoms with Crippen LogP contribution in [-0.4, -0.2) is 44.2 Å². The minimum Gasteiger partial charge on any atom is -0.457 e. The number of quaternary nitrogens is 1. The van der Waals surface area contributed by atoms with Crippen LogP contribution >= 0.6 is 0 Å². The molecule has 0 amide bonds. The summed E-state index contributed by atoms with van der Waals surface area (Å²) in [7, 11) is 6.26. The fourth-order valence-corrected chi connectivity index (χ4v) is 3.24. The fraction of sp³-hybridized carbons (Fsp3) is 0.350. The number of nitrogens with zero attached hydrogens (tertiary/aromatic N) is 1. The Hall–Kier alpha value is -2.33. The molecule has 1 aliphatic heterocycles. The summed E-state index contributed by atoms with van der Waals surface area (Å²) in [5, 5.41) is 0. The molecule has 0 saturated heterocycles. The van der Waals surface area contributed by atoms with Crippen molar-refractivity contribution in [3.8, 4) is 11.5 Å². The monoisotopic (exact) mass is 326 g/mol. The van der Waals surface area contributed by atoms with Crippen molar-refractivity contribution < 1.29 is 18.8 Å². The van der Waals surface area contributed by atoms with Crippen LogP contribution in [-0.2, 0) is 9.53 Å². The number of fused-ring (bicyclic) bond motifs is 2. The predicted molar refractivity (Wildman–Crippen MR) is 93.3 cm³/mol. The highest BCUT2D eigenvalue weighted by molar-refractivity contribution is 5.85. The Labute approximate surface area is 143 Å². The number of hydrogen-bond acceptors (Lipinski definition) is 3. The van der Waals surface area contributed by atoms with Gasteiger partial charge in [-0.25, -0.2) is 0 Å². The summed E-state index contributed by atoms with van der Waals surface area (Å²) >= 11 is 0. The van der Waals surface area contributed by atoms with E-state index in [2.05, 4.69) is 21.1 Å². The second kappa shape index (κ2) is 6.29. The van der Waals surface area contributed by atoms with Crippen molar-refractivity contribution in [2.75, 3.05) is 27.7 Å². The van der Waals surface area contributed by atoms with E-state index >= 15 is 0 Å². The highest BCUT2D eigenvalue weighted by atomic mass is 16.5. The van der Waals surface area contributed by atoms with Crippen LogP contribution in [0.1, 0.15) is 24.0 Å². The van der Waals surface area contributed by atoms with Gasteiger partial charge in [-0.15, -0.1) is 0 Å². The maximum absolute atomic E-state index is 12.9. The number of para-hydroxylation sites is 2. The average Bonchev–Trinajstić information content (AvgIpc) is 2.50. The van der Waals surface area contributed by atoms with Gasteiger partial charge in [-0.3, -0.25) is 4.79 Å². The van der Waals surface area contributed by atoms with Crippen LogP contribution in [0.3, 0.4) is 0 Å². The van der Waals surface area contributed by atoms with Crippen molar-refractivity contribution in [2.24, 2.45) is 0 Å². The number of carbonyl (C=O) groups is 1. The highest BCUT2D eigenvalue weighted by Gasteiger charge is 2.34. The minimum atomic E-state index is -0.443. The first-order chi connectivity index (χ1) is 11.3. The molecule has 0 radical (unpaired) electrons. The summed E-state index contributed by atoms with van der Waals surface area (Å²) in [6, 6.07) is 15.3. The van der Waals surface area contributed by atoms with E-state index in [1.165, 1.54) is 0 Å². The van der Waals surface area contributed by atoms with E-state index in [0.29, 0.717) is 0 Å². The molecule has 0 aliphatic carbocycles. The average molecular weight is 326 g/mol. The van der Waals surface area contributed by atoms with Crippen LogP contribution in [0.2, 0.25) is 0 Å². The lowest BCUT2D eigenvalue weighted by Gasteiger charge is -2.30. The van der Waals surface area contributed by atoms with Crippen molar-refractivity contribution in [1.29, 1.82) is 0 Å². The van der Waals surface area contributed by atoms with E-state index in [1.807, 2.05) is 55.5 Å². The van der Waals surface area contributed by atoms with E-state index in [0.717, 1.165) is 33.7 Å². The molecule has 0 fully saturated rings. The maximum Gasteiger partial charge on any atom is 0.318 e. The molecule has 0 aromatic heterocycles. The maximum atomic E-state index is 12.9. The zero-order chi connectivity index (χ0) is 17.3. The fourth-order valence-electron chi connectivity index (χ4n) is 3.24. The molecule has 2 aromatic carbocycles. The normalized spacial score (nSPS) is 15.0. The zero-order valence-corrected chi connectivity index (χ0v) is 14.7. The van der Waals surface area contributed by atoms with E-state index in [-0.39, 0.29) is 12.1 Å². The smallest absolute Gasteiger partial charge is 0.318 e. The molecule has 0 N–H and O–H groups in total. The lowest BCUT2D eigenvalue weighted by atomic mass is 9.88. The largest absolute Gasteiger partial charge is 0.457 e. The molecule has 126 valence electrons. The van der Waals surface area contributed by atoms with Crippen molar-refractivity contribution in [3.05, 3.63) is 59.7 Å². The van der Waals surface area contributed by atoms with Crippen LogP contribution in [0.25, 0.3) is 0 Å². The summed E-state index contributed by atoms with van der Waals surface area (Å²) in [4.78, 5) is 12.9. The van der Waals surface area contributed by atoms with Gasteiger partial charge in [0.1, 0.15) is 30.1 Å². The Kier molecular flexibility index (Phi) is 4.33. The van der Waals surface area contributed by atoms with Crippen molar-refractivity contribution >= 4 is 5.97 Å². The number of carbonyl (C=O) groups excluding carboxylic acids is 1. The molecular weight excluding hydrogens is 302 g/mol. The van der Waals surface area contributed by atoms with Crippen molar-refractivity contribution in [3.63, 3.8) is 0 Å². The van der Waals surface area contributed by atoms with Gasteiger partial charge in [0.2, 0.25) is 0 Å². The van der Waals surface area contributed by atoms with Crippen LogP contribution in [0.5, 0.6) is 11.5 Å². The van der Waals surface area contributed by atoms with Gasteiger partial charge in [0.15, 0.2) is 0 Å². The lowest BCUT2D eigenvalue weighted by Crippen LogP contribution is -2.42. The molecule has 1 heterocycles. The number of rotatable bonds is 4. The molecule has 3 rings (SSSR count). The van der Waals surface area contributed by atoms with Gasteiger partial charge in [-0.2, -0.15) is 0 Å². The van der Waals surface area contributed by atoms with Crippen molar-refractivity contribution in [1.82, 2.24) is 0 Å². The number of benzene rings is 2. The van der Waals surface area contributed by atoms with E-state index in [4.69, 9.17) is 9.47 Å². The Morgan fingerprint density at radius 3 is 2.04 bits per heavy atom. The Morgan fingerprint density at radius 1 is 1.04 bits per heavy atom. The van der Waals surface area contributed by atoms with Gasteiger partial charge >= 0.3 is 5.97 Å². The first-order valence-corrected chi connectivity index (χ1v) is 8.22. The van der Waals surface area contributed by atoms with E-state index < -0.39 is 5.92 Å². The molecule has 0 bridgehead atoms. The summed E-state index contributed by atoms with van der Waals surface area (Å²) in [5.74, 6) is 0.773. The predicted octanol–water partition coefficient (Wildman–Crippen LogP) is 3.56. The first kappa shape index (κ1) is 16.5. The van der Waals surface area contributed by atoms with Gasteiger partial charge in [-0.1, -0.05) is 36.4 Å². The molecule has 1 aliphatic rings. The number of likely N-dealkylation sites (N-methyl/N-ethyl adjacent to an activating group) is 1. The molecule has 1 atom stereocenters.